The van der Waals surface area contributed by atoms with Gasteiger partial charge in [0, 0.05) is 42.7 Å². The van der Waals surface area contributed by atoms with Gasteiger partial charge in [-0.3, -0.25) is 10.1 Å². The number of aromatic nitrogens is 2. The molecule has 1 fully saturated rings. The Bertz CT molecular complexity index is 1230. The Kier molecular flexibility index (Phi) is 4.21. The van der Waals surface area contributed by atoms with Gasteiger partial charge in [-0.05, 0) is 24.3 Å². The van der Waals surface area contributed by atoms with Crippen molar-refractivity contribution < 1.29 is 9.34 Å². The van der Waals surface area contributed by atoms with E-state index in [1.54, 1.807) is 18.5 Å². The lowest BCUT2D eigenvalue weighted by atomic mass is 10.2. The molecule has 2 aromatic heterocycles. The second-order valence-electron chi connectivity index (χ2n) is 6.84. The Labute approximate surface area is 170 Å². The molecule has 146 valence electrons. The third kappa shape index (κ3) is 3.01. The maximum atomic E-state index is 11.4. The van der Waals surface area contributed by atoms with Gasteiger partial charge in [-0.25, -0.2) is 9.97 Å². The third-order valence-corrected chi connectivity index (χ3v) is 5.43. The Morgan fingerprint density at radius 3 is 2.59 bits per heavy atom. The van der Waals surface area contributed by atoms with E-state index in [1.807, 2.05) is 29.2 Å². The highest BCUT2D eigenvalue weighted by molar-refractivity contribution is 6.30. The number of anilines is 2. The zero-order valence-corrected chi connectivity index (χ0v) is 16.0. The van der Waals surface area contributed by atoms with Gasteiger partial charge in [0.15, 0.2) is 11.4 Å². The van der Waals surface area contributed by atoms with Crippen LogP contribution in [0.15, 0.2) is 53.2 Å². The van der Waals surface area contributed by atoms with Crippen LogP contribution in [0.3, 0.4) is 0 Å². The number of nitro groups is 1. The van der Waals surface area contributed by atoms with E-state index < -0.39 is 4.92 Å². The average Bonchev–Trinajstić information content (AvgIpc) is 3.13. The highest BCUT2D eigenvalue weighted by Crippen LogP contribution is 2.34. The van der Waals surface area contributed by atoms with Gasteiger partial charge >= 0.3 is 0 Å². The monoisotopic (exact) mass is 409 g/mol. The fourth-order valence-electron chi connectivity index (χ4n) is 3.81. The SMILES string of the molecule is O=[N+]([O-])c1cc(Cl)ccc1N1CCN(c2ncnc3c2oc2ccccc23)CC1. The van der Waals surface area contributed by atoms with Crippen molar-refractivity contribution in [3.8, 4) is 0 Å². The molecule has 29 heavy (non-hydrogen) atoms. The van der Waals surface area contributed by atoms with Crippen molar-refractivity contribution in [2.45, 2.75) is 0 Å². The molecule has 1 saturated heterocycles. The molecule has 0 radical (unpaired) electrons. The van der Waals surface area contributed by atoms with Crippen LogP contribution in [-0.4, -0.2) is 41.1 Å². The van der Waals surface area contributed by atoms with Crippen molar-refractivity contribution in [3.63, 3.8) is 0 Å². The number of piperazine rings is 1. The van der Waals surface area contributed by atoms with Crippen LogP contribution in [0.25, 0.3) is 22.1 Å². The number of nitro benzene ring substituents is 1. The predicted octanol–water partition coefficient (Wildman–Crippen LogP) is 4.26. The minimum Gasteiger partial charge on any atom is -0.450 e. The van der Waals surface area contributed by atoms with Crippen LogP contribution in [0.5, 0.6) is 0 Å². The van der Waals surface area contributed by atoms with Crippen molar-refractivity contribution in [3.05, 3.63) is 63.9 Å². The van der Waals surface area contributed by atoms with E-state index in [2.05, 4.69) is 14.9 Å². The van der Waals surface area contributed by atoms with E-state index in [1.165, 1.54) is 6.07 Å². The van der Waals surface area contributed by atoms with E-state index in [0.29, 0.717) is 42.5 Å². The molecule has 0 saturated carbocycles. The highest BCUT2D eigenvalue weighted by Gasteiger charge is 2.26. The molecule has 5 rings (SSSR count). The molecule has 1 aliphatic heterocycles. The van der Waals surface area contributed by atoms with E-state index in [4.69, 9.17) is 16.0 Å². The molecule has 0 N–H and O–H groups in total. The second-order valence-corrected chi connectivity index (χ2v) is 7.27. The largest absolute Gasteiger partial charge is 0.450 e. The van der Waals surface area contributed by atoms with Crippen LogP contribution in [-0.2, 0) is 0 Å². The summed E-state index contributed by atoms with van der Waals surface area (Å²) in [7, 11) is 0. The summed E-state index contributed by atoms with van der Waals surface area (Å²) in [6.07, 6.45) is 1.55. The first kappa shape index (κ1) is 17.7. The number of para-hydroxylation sites is 1. The number of hydrogen-bond donors (Lipinski definition) is 0. The molecule has 2 aromatic carbocycles. The van der Waals surface area contributed by atoms with E-state index in [-0.39, 0.29) is 5.69 Å². The Morgan fingerprint density at radius 2 is 1.79 bits per heavy atom. The minimum atomic E-state index is -0.393. The van der Waals surface area contributed by atoms with Gasteiger partial charge in [-0.1, -0.05) is 23.7 Å². The molecule has 9 heteroatoms. The number of benzene rings is 2. The molecule has 4 aromatic rings. The van der Waals surface area contributed by atoms with Crippen molar-refractivity contribution in [2.24, 2.45) is 0 Å². The Hall–Kier alpha value is -3.39. The summed E-state index contributed by atoms with van der Waals surface area (Å²) in [6, 6.07) is 12.6. The standard InChI is InChI=1S/C20H16ClN5O3/c21-13-5-6-15(16(11-13)26(27)28)24-7-9-25(10-8-24)20-19-18(22-12-23-20)14-3-1-2-4-17(14)29-19/h1-6,11-12H,7-10H2. The lowest BCUT2D eigenvalue weighted by Crippen LogP contribution is -2.47. The van der Waals surface area contributed by atoms with Gasteiger partial charge in [0.2, 0.25) is 0 Å². The number of furan rings is 1. The maximum absolute atomic E-state index is 11.4. The number of fused-ring (bicyclic) bond motifs is 3. The fourth-order valence-corrected chi connectivity index (χ4v) is 3.97. The zero-order valence-electron chi connectivity index (χ0n) is 15.3. The van der Waals surface area contributed by atoms with Crippen molar-refractivity contribution >= 4 is 50.9 Å². The van der Waals surface area contributed by atoms with Crippen LogP contribution < -0.4 is 9.80 Å². The lowest BCUT2D eigenvalue weighted by Gasteiger charge is -2.36. The molecule has 0 aliphatic carbocycles. The summed E-state index contributed by atoms with van der Waals surface area (Å²) in [5.74, 6) is 0.747. The summed E-state index contributed by atoms with van der Waals surface area (Å²) >= 11 is 5.94. The molecule has 1 aliphatic rings. The van der Waals surface area contributed by atoms with Gasteiger partial charge in [0.05, 0.1) is 4.92 Å². The number of halogens is 1. The molecule has 8 nitrogen and oxygen atoms in total. The van der Waals surface area contributed by atoms with E-state index in [0.717, 1.165) is 22.3 Å². The first-order chi connectivity index (χ1) is 14.1. The summed E-state index contributed by atoms with van der Waals surface area (Å²) in [4.78, 5) is 24.0. The van der Waals surface area contributed by atoms with Crippen molar-refractivity contribution in [2.75, 3.05) is 36.0 Å². The van der Waals surface area contributed by atoms with Gasteiger partial charge in [-0.2, -0.15) is 0 Å². The Morgan fingerprint density at radius 1 is 1.03 bits per heavy atom. The van der Waals surface area contributed by atoms with Gasteiger partial charge in [0.25, 0.3) is 5.69 Å². The van der Waals surface area contributed by atoms with Gasteiger partial charge < -0.3 is 14.2 Å². The molecule has 3 heterocycles. The summed E-state index contributed by atoms with van der Waals surface area (Å²) in [5.41, 5.74) is 2.84. The van der Waals surface area contributed by atoms with Gasteiger partial charge in [-0.15, -0.1) is 0 Å². The lowest BCUT2D eigenvalue weighted by molar-refractivity contribution is -0.384. The number of hydrogen-bond acceptors (Lipinski definition) is 7. The maximum Gasteiger partial charge on any atom is 0.294 e. The topological polar surface area (TPSA) is 88.5 Å². The zero-order chi connectivity index (χ0) is 20.0. The second kappa shape index (κ2) is 6.89. The Balaban J connectivity index is 1.44. The molecular weight excluding hydrogens is 394 g/mol. The molecular formula is C20H16ClN5O3. The highest BCUT2D eigenvalue weighted by atomic mass is 35.5. The summed E-state index contributed by atoms with van der Waals surface area (Å²) in [6.45, 7) is 2.55. The molecule has 0 spiro atoms. The van der Waals surface area contributed by atoms with Crippen LogP contribution in [0, 0.1) is 10.1 Å². The molecule has 0 amide bonds. The van der Waals surface area contributed by atoms with E-state index in [9.17, 15) is 10.1 Å². The molecule has 0 bridgehead atoms. The summed E-state index contributed by atoms with van der Waals surface area (Å²) < 4.78 is 6.03. The van der Waals surface area contributed by atoms with Crippen molar-refractivity contribution in [1.82, 2.24) is 9.97 Å². The molecule has 0 atom stereocenters. The quantitative estimate of drug-likeness (QED) is 0.369. The first-order valence-corrected chi connectivity index (χ1v) is 9.56. The summed E-state index contributed by atoms with van der Waals surface area (Å²) in [5, 5.41) is 12.7. The van der Waals surface area contributed by atoms with Crippen LogP contribution in [0.2, 0.25) is 5.02 Å². The average molecular weight is 410 g/mol. The molecule has 0 unspecified atom stereocenters. The fraction of sp³-hybridized carbons (Fsp3) is 0.200. The van der Waals surface area contributed by atoms with Crippen LogP contribution in [0.1, 0.15) is 0 Å². The smallest absolute Gasteiger partial charge is 0.294 e. The first-order valence-electron chi connectivity index (χ1n) is 9.18. The number of nitrogens with zero attached hydrogens (tertiary/aromatic N) is 5. The van der Waals surface area contributed by atoms with Crippen LogP contribution in [0.4, 0.5) is 17.2 Å². The van der Waals surface area contributed by atoms with Gasteiger partial charge in [0.1, 0.15) is 23.1 Å². The normalized spacial score (nSPS) is 14.7. The van der Waals surface area contributed by atoms with E-state index >= 15 is 0 Å². The number of rotatable bonds is 3. The van der Waals surface area contributed by atoms with Crippen LogP contribution >= 0.6 is 11.6 Å². The third-order valence-electron chi connectivity index (χ3n) is 5.19. The minimum absolute atomic E-state index is 0.0210. The predicted molar refractivity (Wildman–Crippen MR) is 112 cm³/mol. The van der Waals surface area contributed by atoms with Crippen molar-refractivity contribution in [1.29, 1.82) is 0 Å².